The fourth-order valence-electron chi connectivity index (χ4n) is 3.44. The lowest BCUT2D eigenvalue weighted by Crippen LogP contribution is -2.39. The third-order valence-electron chi connectivity index (χ3n) is 4.75. The van der Waals surface area contributed by atoms with Crippen molar-refractivity contribution < 1.29 is 14.3 Å². The minimum atomic E-state index is -0.557. The molecule has 0 radical (unpaired) electrons. The normalized spacial score (nSPS) is 16.2. The predicted molar refractivity (Wildman–Crippen MR) is 118 cm³/mol. The Balaban J connectivity index is 1.95. The highest BCUT2D eigenvalue weighted by atomic mass is 32.1. The Morgan fingerprint density at radius 2 is 2.07 bits per heavy atom. The Hall–Kier alpha value is -2.97. The van der Waals surface area contributed by atoms with Crippen LogP contribution in [0.2, 0.25) is 0 Å². The van der Waals surface area contributed by atoms with Gasteiger partial charge in [0.15, 0.2) is 4.80 Å². The second-order valence-electron chi connectivity index (χ2n) is 6.56. The largest absolute Gasteiger partial charge is 0.493 e. The number of methoxy groups -OCH3 is 1. The molecule has 0 bridgehead atoms. The lowest BCUT2D eigenvalue weighted by molar-refractivity contribution is -0.136. The van der Waals surface area contributed by atoms with Crippen LogP contribution in [0.15, 0.2) is 62.8 Å². The predicted octanol–water partition coefficient (Wildman–Crippen LogP) is 2.87. The smallest absolute Gasteiger partial charge is 0.338 e. The molecule has 4 rings (SSSR count). The van der Waals surface area contributed by atoms with E-state index in [2.05, 4.69) is 4.99 Å². The second kappa shape index (κ2) is 8.41. The van der Waals surface area contributed by atoms with Crippen LogP contribution in [-0.4, -0.2) is 24.3 Å². The summed E-state index contributed by atoms with van der Waals surface area (Å²) in [4.78, 5) is 32.0. The molecule has 0 unspecified atom stereocenters. The summed E-state index contributed by atoms with van der Waals surface area (Å²) in [6.45, 7) is 4.23. The van der Waals surface area contributed by atoms with Gasteiger partial charge in [0.2, 0.25) is 0 Å². The number of para-hydroxylation sites is 1. The van der Waals surface area contributed by atoms with Crippen molar-refractivity contribution in [3.05, 3.63) is 83.2 Å². The molecule has 1 aliphatic rings. The van der Waals surface area contributed by atoms with Crippen molar-refractivity contribution >= 4 is 34.7 Å². The van der Waals surface area contributed by atoms with Crippen molar-refractivity contribution in [1.29, 1.82) is 0 Å². The summed E-state index contributed by atoms with van der Waals surface area (Å²) in [6.07, 6.45) is 1.82. The van der Waals surface area contributed by atoms with Crippen molar-refractivity contribution in [3.8, 4) is 5.75 Å². The van der Waals surface area contributed by atoms with Crippen molar-refractivity contribution in [2.45, 2.75) is 19.9 Å². The Morgan fingerprint density at radius 1 is 1.27 bits per heavy atom. The molecule has 0 N–H and O–H groups in total. The first-order valence-electron chi connectivity index (χ1n) is 9.41. The van der Waals surface area contributed by atoms with E-state index in [-0.39, 0.29) is 5.56 Å². The van der Waals surface area contributed by atoms with Gasteiger partial charge in [-0.15, -0.1) is 11.3 Å². The molecule has 3 heterocycles. The average molecular weight is 441 g/mol. The third kappa shape index (κ3) is 3.53. The van der Waals surface area contributed by atoms with E-state index in [0.29, 0.717) is 33.0 Å². The minimum Gasteiger partial charge on any atom is -0.493 e. The van der Waals surface area contributed by atoms with Gasteiger partial charge in [0, 0.05) is 10.4 Å². The number of carbonyl (C=O) groups is 1. The Bertz CT molecular complexity index is 1300. The first kappa shape index (κ1) is 20.3. The molecule has 1 atom stereocenters. The summed E-state index contributed by atoms with van der Waals surface area (Å²) in [7, 11) is 1.34. The molecule has 0 spiro atoms. The highest BCUT2D eigenvalue weighted by Gasteiger charge is 2.33. The SMILES string of the molecule is CCOc1ccccc1/C=c1/sc2n(c1=O)[C@H](c1cccs1)C(C(=O)OC)=C(C)N=2. The van der Waals surface area contributed by atoms with E-state index < -0.39 is 12.0 Å². The number of thiophene rings is 1. The number of thiazole rings is 1. The molecular formula is C22H20N2O4S2. The lowest BCUT2D eigenvalue weighted by Gasteiger charge is -2.22. The van der Waals surface area contributed by atoms with Crippen molar-refractivity contribution in [3.63, 3.8) is 0 Å². The molecule has 1 aromatic carbocycles. The number of nitrogens with zero attached hydrogens (tertiary/aromatic N) is 2. The summed E-state index contributed by atoms with van der Waals surface area (Å²) in [6, 6.07) is 10.8. The molecule has 3 aromatic rings. The van der Waals surface area contributed by atoms with Crippen LogP contribution in [0, 0.1) is 0 Å². The van der Waals surface area contributed by atoms with Crippen LogP contribution in [0.5, 0.6) is 5.75 Å². The lowest BCUT2D eigenvalue weighted by atomic mass is 10.0. The topological polar surface area (TPSA) is 69.9 Å². The van der Waals surface area contributed by atoms with Gasteiger partial charge in [-0.3, -0.25) is 9.36 Å². The zero-order valence-corrected chi connectivity index (χ0v) is 18.4. The molecule has 0 saturated heterocycles. The second-order valence-corrected chi connectivity index (χ2v) is 8.55. The van der Waals surface area contributed by atoms with Gasteiger partial charge < -0.3 is 9.47 Å². The van der Waals surface area contributed by atoms with Crippen molar-refractivity contribution in [2.24, 2.45) is 4.99 Å². The summed E-state index contributed by atoms with van der Waals surface area (Å²) >= 11 is 2.79. The molecule has 8 heteroatoms. The number of aromatic nitrogens is 1. The number of fused-ring (bicyclic) bond motifs is 1. The number of carbonyl (C=O) groups excluding carboxylic acids is 1. The molecule has 0 fully saturated rings. The molecule has 30 heavy (non-hydrogen) atoms. The van der Waals surface area contributed by atoms with Gasteiger partial charge in [0.05, 0.1) is 29.5 Å². The summed E-state index contributed by atoms with van der Waals surface area (Å²) in [5.74, 6) is 0.234. The van der Waals surface area contributed by atoms with E-state index >= 15 is 0 Å². The molecular weight excluding hydrogens is 420 g/mol. The first-order valence-corrected chi connectivity index (χ1v) is 11.1. The summed E-state index contributed by atoms with van der Waals surface area (Å²) in [5.41, 5.74) is 1.56. The van der Waals surface area contributed by atoms with E-state index in [9.17, 15) is 9.59 Å². The van der Waals surface area contributed by atoms with Crippen LogP contribution < -0.4 is 19.6 Å². The molecule has 1 aliphatic heterocycles. The van der Waals surface area contributed by atoms with Crippen LogP contribution in [0.3, 0.4) is 0 Å². The summed E-state index contributed by atoms with van der Waals surface area (Å²) in [5, 5.41) is 1.92. The van der Waals surface area contributed by atoms with Gasteiger partial charge in [-0.1, -0.05) is 35.6 Å². The van der Waals surface area contributed by atoms with Crippen LogP contribution in [0.25, 0.3) is 6.08 Å². The fourth-order valence-corrected chi connectivity index (χ4v) is 5.30. The van der Waals surface area contributed by atoms with Gasteiger partial charge >= 0.3 is 5.97 Å². The highest BCUT2D eigenvalue weighted by molar-refractivity contribution is 7.10. The van der Waals surface area contributed by atoms with Gasteiger partial charge in [0.1, 0.15) is 11.8 Å². The van der Waals surface area contributed by atoms with E-state index in [1.165, 1.54) is 29.8 Å². The zero-order valence-electron chi connectivity index (χ0n) is 16.7. The third-order valence-corrected chi connectivity index (χ3v) is 6.65. The van der Waals surface area contributed by atoms with Crippen molar-refractivity contribution in [1.82, 2.24) is 4.57 Å². The summed E-state index contributed by atoms with van der Waals surface area (Å²) < 4.78 is 12.8. The van der Waals surface area contributed by atoms with Gasteiger partial charge in [-0.2, -0.15) is 0 Å². The monoisotopic (exact) mass is 440 g/mol. The van der Waals surface area contributed by atoms with Crippen LogP contribution in [-0.2, 0) is 9.53 Å². The van der Waals surface area contributed by atoms with Gasteiger partial charge in [0.25, 0.3) is 5.56 Å². The zero-order chi connectivity index (χ0) is 21.3. The van der Waals surface area contributed by atoms with Crippen LogP contribution in [0.1, 0.15) is 30.3 Å². The molecule has 2 aromatic heterocycles. The maximum Gasteiger partial charge on any atom is 0.338 e. The number of hydrogen-bond acceptors (Lipinski definition) is 7. The fraction of sp³-hybridized carbons (Fsp3) is 0.227. The van der Waals surface area contributed by atoms with E-state index in [0.717, 1.165) is 10.4 Å². The van der Waals surface area contributed by atoms with Crippen LogP contribution >= 0.6 is 22.7 Å². The van der Waals surface area contributed by atoms with E-state index in [1.54, 1.807) is 11.5 Å². The van der Waals surface area contributed by atoms with Crippen molar-refractivity contribution in [2.75, 3.05) is 13.7 Å². The van der Waals surface area contributed by atoms with Crippen LogP contribution in [0.4, 0.5) is 0 Å². The first-order chi connectivity index (χ1) is 14.5. The molecule has 0 aliphatic carbocycles. The Labute approximate surface area is 181 Å². The number of esters is 1. The molecule has 154 valence electrons. The molecule has 0 saturated carbocycles. The Kier molecular flexibility index (Phi) is 5.69. The highest BCUT2D eigenvalue weighted by Crippen LogP contribution is 2.33. The standard InChI is InChI=1S/C22H20N2O4S2/c1-4-28-15-9-6-5-8-14(15)12-17-20(25)24-19(16-10-7-11-29-16)18(21(26)27-3)13(2)23-22(24)30-17/h5-12,19H,4H2,1-3H3/b17-12+/t19-/m1/s1. The quantitative estimate of drug-likeness (QED) is 0.572. The van der Waals surface area contributed by atoms with Gasteiger partial charge in [-0.25, -0.2) is 9.79 Å². The average Bonchev–Trinajstić information content (AvgIpc) is 3.37. The van der Waals surface area contributed by atoms with E-state index in [4.69, 9.17) is 9.47 Å². The maximum absolute atomic E-state index is 13.4. The number of hydrogen-bond donors (Lipinski definition) is 0. The Morgan fingerprint density at radius 3 is 2.77 bits per heavy atom. The van der Waals surface area contributed by atoms with Gasteiger partial charge in [-0.05, 0) is 37.4 Å². The maximum atomic E-state index is 13.4. The van der Waals surface area contributed by atoms with E-state index in [1.807, 2.05) is 54.8 Å². The number of allylic oxidation sites excluding steroid dienone is 1. The molecule has 6 nitrogen and oxygen atoms in total. The minimum absolute atomic E-state index is 0.197. The number of ether oxygens (including phenoxy) is 2. The number of rotatable bonds is 5. The number of benzene rings is 1. The molecule has 0 amide bonds.